The normalized spacial score (nSPS) is 10.8. The van der Waals surface area contributed by atoms with Crippen molar-refractivity contribution in [1.82, 2.24) is 0 Å². The van der Waals surface area contributed by atoms with E-state index >= 15 is 0 Å². The van der Waals surface area contributed by atoms with Gasteiger partial charge in [0.25, 0.3) is 0 Å². The van der Waals surface area contributed by atoms with Crippen molar-refractivity contribution in [1.29, 1.82) is 0 Å². The van der Waals surface area contributed by atoms with Crippen molar-refractivity contribution in [2.24, 2.45) is 0 Å². The number of phenolic OH excluding ortho intramolecular Hbond substituents is 3. The van der Waals surface area contributed by atoms with E-state index < -0.39 is 17.2 Å². The molecule has 0 saturated heterocycles. The van der Waals surface area contributed by atoms with Gasteiger partial charge in [-0.05, 0) is 18.6 Å². The number of rotatable bonds is 12. The zero-order valence-corrected chi connectivity index (χ0v) is 14.2. The third-order valence-electron chi connectivity index (χ3n) is 4.15. The van der Waals surface area contributed by atoms with Gasteiger partial charge in [0.1, 0.15) is 0 Å². The molecule has 0 aromatic heterocycles. The lowest BCUT2D eigenvalue weighted by atomic mass is 10.0. The van der Waals surface area contributed by atoms with Gasteiger partial charge in [-0.2, -0.15) is 0 Å². The molecule has 0 aliphatic carbocycles. The maximum absolute atomic E-state index is 12.0. The molecule has 0 fully saturated rings. The van der Waals surface area contributed by atoms with E-state index in [0.29, 0.717) is 6.42 Å². The number of hydrogen-bond donors (Lipinski definition) is 3. The third kappa shape index (κ3) is 7.40. The van der Waals surface area contributed by atoms with E-state index in [1.54, 1.807) is 0 Å². The van der Waals surface area contributed by atoms with Crippen LogP contribution < -0.4 is 0 Å². The van der Waals surface area contributed by atoms with Gasteiger partial charge in [-0.15, -0.1) is 0 Å². The molecule has 1 rings (SSSR count). The van der Waals surface area contributed by atoms with E-state index in [1.807, 2.05) is 0 Å². The van der Waals surface area contributed by atoms with Crippen LogP contribution in [-0.2, 0) is 0 Å². The number of carbonyl (C=O) groups is 1. The predicted molar refractivity (Wildman–Crippen MR) is 92.2 cm³/mol. The predicted octanol–water partition coefficient (Wildman–Crippen LogP) is 5.30. The van der Waals surface area contributed by atoms with Gasteiger partial charge < -0.3 is 15.3 Å². The Morgan fingerprint density at radius 1 is 0.783 bits per heavy atom. The van der Waals surface area contributed by atoms with Crippen LogP contribution in [0.1, 0.15) is 87.9 Å². The highest BCUT2D eigenvalue weighted by atomic mass is 16.3. The van der Waals surface area contributed by atoms with E-state index in [2.05, 4.69) is 6.92 Å². The summed E-state index contributed by atoms with van der Waals surface area (Å²) in [6.07, 6.45) is 12.5. The quantitative estimate of drug-likeness (QED) is 0.277. The van der Waals surface area contributed by atoms with Crippen LogP contribution in [0.3, 0.4) is 0 Å². The summed E-state index contributed by atoms with van der Waals surface area (Å²) in [5.74, 6) is -1.62. The molecule has 1 aromatic rings. The molecule has 0 heterocycles. The van der Waals surface area contributed by atoms with Crippen molar-refractivity contribution in [3.05, 3.63) is 17.7 Å². The molecule has 3 N–H and O–H groups in total. The summed E-state index contributed by atoms with van der Waals surface area (Å²) in [5.41, 5.74) is 0.244. The van der Waals surface area contributed by atoms with Crippen LogP contribution >= 0.6 is 0 Å². The molecule has 0 unspecified atom stereocenters. The molecule has 4 nitrogen and oxygen atoms in total. The van der Waals surface area contributed by atoms with Gasteiger partial charge in [0, 0.05) is 12.0 Å². The first-order valence-electron chi connectivity index (χ1n) is 8.84. The first-order chi connectivity index (χ1) is 11.1. The number of unbranched alkanes of at least 4 members (excludes halogenated alkanes) is 9. The first-order valence-corrected chi connectivity index (χ1v) is 8.84. The number of Topliss-reactive ketones (excluding diaryl/α,β-unsaturated/α-hetero) is 1. The Hall–Kier alpha value is -1.71. The van der Waals surface area contributed by atoms with Crippen LogP contribution in [0.5, 0.6) is 17.2 Å². The van der Waals surface area contributed by atoms with Crippen LogP contribution in [0.15, 0.2) is 12.1 Å². The Morgan fingerprint density at radius 2 is 1.22 bits per heavy atom. The minimum absolute atomic E-state index is 0.116. The number of benzene rings is 1. The summed E-state index contributed by atoms with van der Waals surface area (Å²) in [6.45, 7) is 2.22. The third-order valence-corrected chi connectivity index (χ3v) is 4.15. The lowest BCUT2D eigenvalue weighted by Crippen LogP contribution is -1.99. The van der Waals surface area contributed by atoms with Crippen LogP contribution in [0, 0.1) is 0 Å². The number of aromatic hydroxyl groups is 3. The molecule has 0 spiro atoms. The number of carbonyl (C=O) groups excluding carboxylic acids is 1. The first kappa shape index (κ1) is 19.3. The van der Waals surface area contributed by atoms with Gasteiger partial charge in [-0.3, -0.25) is 4.79 Å². The topological polar surface area (TPSA) is 77.8 Å². The SMILES string of the molecule is CCCCCCCCCCCCC(=O)c1cc(O)c(O)c(O)c1. The largest absolute Gasteiger partial charge is 0.504 e. The van der Waals surface area contributed by atoms with Gasteiger partial charge in [0.15, 0.2) is 23.0 Å². The van der Waals surface area contributed by atoms with E-state index in [9.17, 15) is 20.1 Å². The summed E-state index contributed by atoms with van der Waals surface area (Å²) >= 11 is 0. The second-order valence-electron chi connectivity index (χ2n) is 6.22. The van der Waals surface area contributed by atoms with E-state index in [4.69, 9.17) is 0 Å². The van der Waals surface area contributed by atoms with Crippen LogP contribution in [-0.4, -0.2) is 21.1 Å². The van der Waals surface area contributed by atoms with Gasteiger partial charge in [-0.25, -0.2) is 0 Å². The van der Waals surface area contributed by atoms with Gasteiger partial charge in [-0.1, -0.05) is 64.7 Å². The Morgan fingerprint density at radius 3 is 1.70 bits per heavy atom. The fourth-order valence-electron chi connectivity index (χ4n) is 2.68. The van der Waals surface area contributed by atoms with Crippen molar-refractivity contribution < 1.29 is 20.1 Å². The molecule has 0 radical (unpaired) electrons. The lowest BCUT2D eigenvalue weighted by Gasteiger charge is -2.05. The molecule has 0 bridgehead atoms. The maximum atomic E-state index is 12.0. The minimum atomic E-state index is -0.583. The summed E-state index contributed by atoms with van der Waals surface area (Å²) < 4.78 is 0. The number of ketones is 1. The summed E-state index contributed by atoms with van der Waals surface area (Å²) in [5, 5.41) is 28.1. The highest BCUT2D eigenvalue weighted by Crippen LogP contribution is 2.35. The molecule has 1 aromatic carbocycles. The van der Waals surface area contributed by atoms with Crippen molar-refractivity contribution in [3.63, 3.8) is 0 Å². The summed E-state index contributed by atoms with van der Waals surface area (Å²) in [4.78, 5) is 12.0. The van der Waals surface area contributed by atoms with Crippen molar-refractivity contribution in [2.45, 2.75) is 77.6 Å². The lowest BCUT2D eigenvalue weighted by molar-refractivity contribution is 0.0978. The zero-order chi connectivity index (χ0) is 17.1. The van der Waals surface area contributed by atoms with E-state index in [0.717, 1.165) is 19.3 Å². The second kappa shape index (κ2) is 10.9. The molecule has 0 saturated carbocycles. The summed E-state index contributed by atoms with van der Waals surface area (Å²) in [7, 11) is 0. The second-order valence-corrected chi connectivity index (χ2v) is 6.22. The average molecular weight is 322 g/mol. The molecule has 0 aliphatic rings. The smallest absolute Gasteiger partial charge is 0.200 e. The Balaban J connectivity index is 2.13. The molecular formula is C19H30O4. The molecule has 23 heavy (non-hydrogen) atoms. The molecule has 0 amide bonds. The minimum Gasteiger partial charge on any atom is -0.504 e. The van der Waals surface area contributed by atoms with Gasteiger partial charge in [0.2, 0.25) is 0 Å². The molecular weight excluding hydrogens is 292 g/mol. The van der Waals surface area contributed by atoms with Crippen molar-refractivity contribution in [3.8, 4) is 17.2 Å². The van der Waals surface area contributed by atoms with Crippen LogP contribution in [0.4, 0.5) is 0 Å². The Kier molecular flexibility index (Phi) is 9.18. The number of phenols is 3. The molecule has 0 aliphatic heterocycles. The average Bonchev–Trinajstić information content (AvgIpc) is 2.53. The molecule has 4 heteroatoms. The Labute approximate surface area is 139 Å². The van der Waals surface area contributed by atoms with Crippen LogP contribution in [0.2, 0.25) is 0 Å². The molecule has 130 valence electrons. The van der Waals surface area contributed by atoms with Crippen molar-refractivity contribution >= 4 is 5.78 Å². The van der Waals surface area contributed by atoms with Gasteiger partial charge >= 0.3 is 0 Å². The standard InChI is InChI=1S/C19H30O4/c1-2-3-4-5-6-7-8-9-10-11-12-16(20)15-13-17(21)19(23)18(22)14-15/h13-14,21-23H,2-12H2,1H3. The molecule has 0 atom stereocenters. The summed E-state index contributed by atoms with van der Waals surface area (Å²) in [6, 6.07) is 2.40. The zero-order valence-electron chi connectivity index (χ0n) is 14.2. The monoisotopic (exact) mass is 322 g/mol. The van der Waals surface area contributed by atoms with Crippen molar-refractivity contribution in [2.75, 3.05) is 0 Å². The Bertz CT molecular complexity index is 459. The fraction of sp³-hybridized carbons (Fsp3) is 0.632. The highest BCUT2D eigenvalue weighted by molar-refractivity contribution is 5.97. The van der Waals surface area contributed by atoms with E-state index in [-0.39, 0.29) is 11.3 Å². The number of hydrogen-bond acceptors (Lipinski definition) is 4. The van der Waals surface area contributed by atoms with Crippen LogP contribution in [0.25, 0.3) is 0 Å². The highest BCUT2D eigenvalue weighted by Gasteiger charge is 2.13. The maximum Gasteiger partial charge on any atom is 0.200 e. The van der Waals surface area contributed by atoms with Gasteiger partial charge in [0.05, 0.1) is 0 Å². The fourth-order valence-corrected chi connectivity index (χ4v) is 2.68. The van der Waals surface area contributed by atoms with E-state index in [1.165, 1.54) is 57.1 Å².